The second-order valence-corrected chi connectivity index (χ2v) is 6.02. The van der Waals surface area contributed by atoms with Crippen molar-refractivity contribution in [2.45, 2.75) is 46.2 Å². The molecule has 0 aliphatic carbocycles. The van der Waals surface area contributed by atoms with Crippen LogP contribution in [0.15, 0.2) is 0 Å². The number of nitrogens with two attached hydrogens (primary N) is 1. The van der Waals surface area contributed by atoms with Gasteiger partial charge in [0.1, 0.15) is 0 Å². The van der Waals surface area contributed by atoms with Gasteiger partial charge in [0.25, 0.3) is 0 Å². The van der Waals surface area contributed by atoms with Gasteiger partial charge < -0.3 is 11.1 Å². The van der Waals surface area contributed by atoms with Crippen molar-refractivity contribution >= 4 is 11.7 Å². The fourth-order valence-corrected chi connectivity index (χ4v) is 2.75. The van der Waals surface area contributed by atoms with E-state index in [0.717, 1.165) is 13.0 Å². The van der Waals surface area contributed by atoms with Crippen molar-refractivity contribution in [3.8, 4) is 0 Å². The van der Waals surface area contributed by atoms with Crippen LogP contribution in [0.3, 0.4) is 0 Å². The van der Waals surface area contributed by atoms with Gasteiger partial charge in [0.2, 0.25) is 5.91 Å². The number of carbonyl (C=O) groups excluding carboxylic acids is 2. The number of hydrogen-bond donors (Lipinski definition) is 2. The molecule has 1 amide bonds. The number of nitrogens with one attached hydrogen (secondary N) is 1. The normalized spacial score (nSPS) is 25.6. The van der Waals surface area contributed by atoms with Gasteiger partial charge in [-0.3, -0.25) is 14.5 Å². The largest absolute Gasteiger partial charge is 0.345 e. The molecule has 3 atom stereocenters. The van der Waals surface area contributed by atoms with Gasteiger partial charge >= 0.3 is 0 Å². The Morgan fingerprint density at radius 1 is 1.42 bits per heavy atom. The van der Waals surface area contributed by atoms with Crippen molar-refractivity contribution in [2.24, 2.45) is 17.6 Å². The molecule has 1 saturated heterocycles. The van der Waals surface area contributed by atoms with Crippen LogP contribution in [-0.2, 0) is 9.59 Å². The van der Waals surface area contributed by atoms with Crippen LogP contribution in [0.1, 0.15) is 34.1 Å². The summed E-state index contributed by atoms with van der Waals surface area (Å²) in [6.45, 7) is 9.42. The van der Waals surface area contributed by atoms with Crippen LogP contribution < -0.4 is 11.1 Å². The lowest BCUT2D eigenvalue weighted by molar-refractivity contribution is -0.128. The summed E-state index contributed by atoms with van der Waals surface area (Å²) >= 11 is 0. The molecule has 0 bridgehead atoms. The van der Waals surface area contributed by atoms with E-state index in [1.165, 1.54) is 6.92 Å². The molecule has 3 unspecified atom stereocenters. The molecule has 0 radical (unpaired) electrons. The molecule has 1 aliphatic rings. The fourth-order valence-electron chi connectivity index (χ4n) is 2.75. The molecular weight excluding hydrogens is 242 g/mol. The number of hydrogen-bond acceptors (Lipinski definition) is 4. The van der Waals surface area contributed by atoms with E-state index >= 15 is 0 Å². The molecular formula is C14H27N3O2. The second-order valence-electron chi connectivity index (χ2n) is 6.02. The number of rotatable bonds is 6. The first kappa shape index (κ1) is 16.1. The molecule has 19 heavy (non-hydrogen) atoms. The first-order valence-corrected chi connectivity index (χ1v) is 7.09. The summed E-state index contributed by atoms with van der Waals surface area (Å²) in [5, 5.41) is 2.83. The van der Waals surface area contributed by atoms with E-state index in [9.17, 15) is 9.59 Å². The van der Waals surface area contributed by atoms with Crippen LogP contribution in [0.4, 0.5) is 0 Å². The zero-order chi connectivity index (χ0) is 14.6. The van der Waals surface area contributed by atoms with Gasteiger partial charge in [-0.15, -0.1) is 0 Å². The standard InChI is InChI=1S/C14H27N3O2/c1-9(2)14(11(4)18)16-13(19)8-17-7-12(6-15)5-10(17)3/h9-10,12,14H,5-8,15H2,1-4H3,(H,16,19). The predicted molar refractivity (Wildman–Crippen MR) is 75.6 cm³/mol. The lowest BCUT2D eigenvalue weighted by Gasteiger charge is -2.24. The molecule has 0 saturated carbocycles. The molecule has 1 fully saturated rings. The lowest BCUT2D eigenvalue weighted by atomic mass is 10.0. The SMILES string of the molecule is CC(=O)C(NC(=O)CN1CC(CN)CC1C)C(C)C. The number of likely N-dealkylation sites (tertiary alicyclic amines) is 1. The average molecular weight is 269 g/mol. The monoisotopic (exact) mass is 269 g/mol. The minimum absolute atomic E-state index is 0.0117. The van der Waals surface area contributed by atoms with Gasteiger partial charge in [-0.25, -0.2) is 0 Å². The highest BCUT2D eigenvalue weighted by Gasteiger charge is 2.30. The van der Waals surface area contributed by atoms with Crippen molar-refractivity contribution in [3.63, 3.8) is 0 Å². The topological polar surface area (TPSA) is 75.4 Å². The summed E-state index contributed by atoms with van der Waals surface area (Å²) in [4.78, 5) is 25.6. The maximum absolute atomic E-state index is 12.0. The molecule has 5 heteroatoms. The van der Waals surface area contributed by atoms with Crippen LogP contribution in [0.25, 0.3) is 0 Å². The van der Waals surface area contributed by atoms with Crippen molar-refractivity contribution < 1.29 is 9.59 Å². The third-order valence-corrected chi connectivity index (χ3v) is 3.89. The Labute approximate surface area is 115 Å². The van der Waals surface area contributed by atoms with E-state index in [4.69, 9.17) is 5.73 Å². The number of Topliss-reactive ketones (excluding diaryl/α,β-unsaturated/α-hetero) is 1. The Morgan fingerprint density at radius 3 is 2.47 bits per heavy atom. The molecule has 0 aromatic heterocycles. The summed E-state index contributed by atoms with van der Waals surface area (Å²) in [5.74, 6) is 0.543. The highest BCUT2D eigenvalue weighted by Crippen LogP contribution is 2.21. The van der Waals surface area contributed by atoms with Crippen LogP contribution in [0.2, 0.25) is 0 Å². The molecule has 3 N–H and O–H groups in total. The molecule has 5 nitrogen and oxygen atoms in total. The summed E-state index contributed by atoms with van der Waals surface area (Å²) < 4.78 is 0. The Bertz CT molecular complexity index is 331. The van der Waals surface area contributed by atoms with Crippen LogP contribution in [-0.4, -0.2) is 48.3 Å². The summed E-state index contributed by atoms with van der Waals surface area (Å²) in [7, 11) is 0. The zero-order valence-electron chi connectivity index (χ0n) is 12.5. The first-order valence-electron chi connectivity index (χ1n) is 7.09. The molecule has 0 aromatic rings. The van der Waals surface area contributed by atoms with E-state index in [2.05, 4.69) is 17.1 Å². The summed E-state index contributed by atoms with van der Waals surface area (Å²) in [6, 6.07) is 0.00448. The van der Waals surface area contributed by atoms with Gasteiger partial charge in [0.05, 0.1) is 12.6 Å². The van der Waals surface area contributed by atoms with Gasteiger partial charge in [-0.05, 0) is 38.6 Å². The third kappa shape index (κ3) is 4.58. The van der Waals surface area contributed by atoms with Crippen molar-refractivity contribution in [1.82, 2.24) is 10.2 Å². The third-order valence-electron chi connectivity index (χ3n) is 3.89. The minimum Gasteiger partial charge on any atom is -0.345 e. The molecule has 0 aromatic carbocycles. The smallest absolute Gasteiger partial charge is 0.234 e. The number of amides is 1. The van der Waals surface area contributed by atoms with E-state index < -0.39 is 0 Å². The number of nitrogens with zero attached hydrogens (tertiary/aromatic N) is 1. The Morgan fingerprint density at radius 2 is 2.05 bits per heavy atom. The Hall–Kier alpha value is -0.940. The van der Waals surface area contributed by atoms with Crippen LogP contribution in [0.5, 0.6) is 0 Å². The maximum atomic E-state index is 12.0. The van der Waals surface area contributed by atoms with Crippen molar-refractivity contribution in [1.29, 1.82) is 0 Å². The van der Waals surface area contributed by atoms with Crippen molar-refractivity contribution in [2.75, 3.05) is 19.6 Å². The Balaban J connectivity index is 2.49. The van der Waals surface area contributed by atoms with Gasteiger partial charge in [-0.1, -0.05) is 13.8 Å². The number of ketones is 1. The van der Waals surface area contributed by atoms with Gasteiger partial charge in [-0.2, -0.15) is 0 Å². The van der Waals surface area contributed by atoms with Gasteiger partial charge in [0.15, 0.2) is 5.78 Å². The lowest BCUT2D eigenvalue weighted by Crippen LogP contribution is -2.48. The zero-order valence-corrected chi connectivity index (χ0v) is 12.5. The predicted octanol–water partition coefficient (Wildman–Crippen LogP) is 0.385. The second kappa shape index (κ2) is 7.01. The fraction of sp³-hybridized carbons (Fsp3) is 0.857. The molecule has 1 heterocycles. The van der Waals surface area contributed by atoms with Crippen LogP contribution >= 0.6 is 0 Å². The highest BCUT2D eigenvalue weighted by atomic mass is 16.2. The summed E-state index contributed by atoms with van der Waals surface area (Å²) in [6.07, 6.45) is 1.05. The molecule has 1 aliphatic heterocycles. The Kier molecular flexibility index (Phi) is 5.94. The molecule has 110 valence electrons. The maximum Gasteiger partial charge on any atom is 0.234 e. The number of carbonyl (C=O) groups is 2. The van der Waals surface area contributed by atoms with E-state index in [1.54, 1.807) is 0 Å². The highest BCUT2D eigenvalue weighted by molar-refractivity contribution is 5.88. The summed E-state index contributed by atoms with van der Waals surface area (Å²) in [5.41, 5.74) is 5.68. The first-order chi connectivity index (χ1) is 8.85. The van der Waals surface area contributed by atoms with Crippen LogP contribution in [0, 0.1) is 11.8 Å². The minimum atomic E-state index is -0.379. The van der Waals surface area contributed by atoms with Gasteiger partial charge in [0, 0.05) is 12.6 Å². The van der Waals surface area contributed by atoms with E-state index in [-0.39, 0.29) is 23.7 Å². The van der Waals surface area contributed by atoms with E-state index in [1.807, 2.05) is 13.8 Å². The average Bonchev–Trinajstić information content (AvgIpc) is 2.66. The molecule has 1 rings (SSSR count). The van der Waals surface area contributed by atoms with E-state index in [0.29, 0.717) is 25.0 Å². The quantitative estimate of drug-likeness (QED) is 0.731. The molecule has 0 spiro atoms. The van der Waals surface area contributed by atoms with Crippen molar-refractivity contribution in [3.05, 3.63) is 0 Å².